The molecule has 0 amide bonds. The maximum Gasteiger partial charge on any atom is 0.358 e. The van der Waals surface area contributed by atoms with Crippen molar-refractivity contribution in [3.63, 3.8) is 0 Å². The Morgan fingerprint density at radius 3 is 2.75 bits per heavy atom. The van der Waals surface area contributed by atoms with Crippen LogP contribution < -0.4 is 9.64 Å². The molecule has 0 saturated carbocycles. The molecule has 1 heterocycles. The normalized spacial score (nSPS) is 21.5. The minimum Gasteiger partial charge on any atom is -0.458 e. The van der Waals surface area contributed by atoms with Gasteiger partial charge in [0.15, 0.2) is 0 Å². The first-order chi connectivity index (χ1) is 9.46. The maximum absolute atomic E-state index is 14.3. The van der Waals surface area contributed by atoms with E-state index in [1.54, 1.807) is 29.2 Å². The lowest BCUT2D eigenvalue weighted by molar-refractivity contribution is -0.0916. The molecule has 0 radical (unpaired) electrons. The van der Waals surface area contributed by atoms with Crippen molar-refractivity contribution in [3.8, 4) is 5.75 Å². The van der Waals surface area contributed by atoms with Crippen LogP contribution in [0.25, 0.3) is 0 Å². The molecule has 0 aliphatic carbocycles. The lowest BCUT2D eigenvalue weighted by Gasteiger charge is -2.40. The summed E-state index contributed by atoms with van der Waals surface area (Å²) in [7, 11) is 0. The largest absolute Gasteiger partial charge is 0.458 e. The van der Waals surface area contributed by atoms with E-state index in [1.165, 1.54) is 0 Å². The average Bonchev–Trinajstić information content (AvgIpc) is 2.72. The third-order valence-corrected chi connectivity index (χ3v) is 4.11. The molecule has 1 unspecified atom stereocenters. The number of benzene rings is 1. The number of para-hydroxylation sites is 2. The van der Waals surface area contributed by atoms with E-state index in [4.69, 9.17) is 4.74 Å². The van der Waals surface area contributed by atoms with Crippen LogP contribution in [0.15, 0.2) is 36.9 Å². The van der Waals surface area contributed by atoms with Gasteiger partial charge in [0.2, 0.25) is 0 Å². The molecule has 0 N–H and O–H groups in total. The summed E-state index contributed by atoms with van der Waals surface area (Å²) in [5.41, 5.74) is -1.01. The fraction of sp³-hybridized carbons (Fsp3) is 0.467. The number of hydrogen-bond donors (Lipinski definition) is 0. The molecule has 1 aromatic rings. The molecule has 1 aliphatic heterocycles. The molecule has 2 rings (SSSR count). The summed E-state index contributed by atoms with van der Waals surface area (Å²) >= 11 is 2.53. The van der Waals surface area contributed by atoms with E-state index < -0.39 is 10.6 Å². The third-order valence-electron chi connectivity index (χ3n) is 3.49. The number of halogens is 3. The van der Waals surface area contributed by atoms with Crippen molar-refractivity contribution >= 4 is 21.6 Å². The van der Waals surface area contributed by atoms with Crippen molar-refractivity contribution in [2.24, 2.45) is 0 Å². The summed E-state index contributed by atoms with van der Waals surface area (Å²) in [6.07, 6.45) is 3.34. The topological polar surface area (TPSA) is 12.5 Å². The molecule has 0 spiro atoms. The van der Waals surface area contributed by atoms with Crippen LogP contribution in [-0.4, -0.2) is 17.1 Å². The zero-order chi connectivity index (χ0) is 14.8. The van der Waals surface area contributed by atoms with Gasteiger partial charge in [-0.1, -0.05) is 31.6 Å². The van der Waals surface area contributed by atoms with Crippen LogP contribution in [-0.2, 0) is 0 Å². The van der Waals surface area contributed by atoms with Gasteiger partial charge in [-0.2, -0.15) is 8.78 Å². The van der Waals surface area contributed by atoms with Gasteiger partial charge >= 0.3 is 4.83 Å². The molecule has 1 atom stereocenters. The third kappa shape index (κ3) is 2.43. The second-order valence-corrected chi connectivity index (χ2v) is 5.85. The molecular formula is C15H18BrF2NO. The molecule has 0 aromatic heterocycles. The number of ether oxygens (including phenoxy) is 1. The van der Waals surface area contributed by atoms with Gasteiger partial charge in [0.05, 0.1) is 5.69 Å². The summed E-state index contributed by atoms with van der Waals surface area (Å²) in [6.45, 7) is 5.95. The van der Waals surface area contributed by atoms with Crippen LogP contribution in [0.4, 0.5) is 14.5 Å². The molecule has 0 fully saturated rings. The minimum absolute atomic E-state index is 0.240. The van der Waals surface area contributed by atoms with Gasteiger partial charge in [-0.3, -0.25) is 0 Å². The van der Waals surface area contributed by atoms with Gasteiger partial charge in [-0.25, -0.2) is 0 Å². The summed E-state index contributed by atoms with van der Waals surface area (Å²) in [5.74, 6) is 0.490. The molecule has 0 bridgehead atoms. The van der Waals surface area contributed by atoms with E-state index in [9.17, 15) is 8.78 Å². The highest BCUT2D eigenvalue weighted by atomic mass is 79.9. The lowest BCUT2D eigenvalue weighted by Crippen LogP contribution is -2.59. The fourth-order valence-electron chi connectivity index (χ4n) is 2.53. The summed E-state index contributed by atoms with van der Waals surface area (Å²) in [4.78, 5) is -1.56. The van der Waals surface area contributed by atoms with Crippen molar-refractivity contribution in [3.05, 3.63) is 36.9 Å². The smallest absolute Gasteiger partial charge is 0.358 e. The van der Waals surface area contributed by atoms with Gasteiger partial charge in [0.1, 0.15) is 5.75 Å². The molecule has 5 heteroatoms. The average molecular weight is 346 g/mol. The predicted octanol–water partition coefficient (Wildman–Crippen LogP) is 4.95. The number of nitrogens with zero attached hydrogens (tertiary/aromatic N) is 1. The number of unbranched alkanes of at least 4 members (excludes halogenated alkanes) is 1. The molecule has 0 saturated heterocycles. The van der Waals surface area contributed by atoms with E-state index in [2.05, 4.69) is 22.5 Å². The van der Waals surface area contributed by atoms with E-state index in [0.717, 1.165) is 6.42 Å². The molecule has 1 aliphatic rings. The number of fused-ring (bicyclic) bond motifs is 1. The molecule has 110 valence electrons. The van der Waals surface area contributed by atoms with Gasteiger partial charge in [0.25, 0.3) is 5.72 Å². The Kier molecular flexibility index (Phi) is 4.37. The van der Waals surface area contributed by atoms with Crippen LogP contribution in [0.5, 0.6) is 5.75 Å². The van der Waals surface area contributed by atoms with E-state index in [1.807, 2.05) is 13.0 Å². The monoisotopic (exact) mass is 345 g/mol. The van der Waals surface area contributed by atoms with Crippen molar-refractivity contribution in [2.75, 3.05) is 11.4 Å². The number of rotatable bonds is 6. The van der Waals surface area contributed by atoms with Crippen LogP contribution in [0.1, 0.15) is 26.2 Å². The van der Waals surface area contributed by atoms with Crippen molar-refractivity contribution in [1.82, 2.24) is 0 Å². The minimum atomic E-state index is -3.16. The SMILES string of the molecule is C=CCN1c2ccccc2OC1(CCCC)C(F)(F)Br. The fourth-order valence-corrected chi connectivity index (χ4v) is 3.02. The first-order valence-corrected chi connectivity index (χ1v) is 7.49. The Morgan fingerprint density at radius 1 is 1.45 bits per heavy atom. The Hall–Kier alpha value is -1.10. The van der Waals surface area contributed by atoms with Crippen molar-refractivity contribution in [2.45, 2.75) is 36.7 Å². The maximum atomic E-state index is 14.3. The quantitative estimate of drug-likeness (QED) is 0.534. The summed E-state index contributed by atoms with van der Waals surface area (Å²) in [5, 5.41) is 0. The van der Waals surface area contributed by atoms with Crippen LogP contribution in [0.2, 0.25) is 0 Å². The first kappa shape index (κ1) is 15.3. The summed E-state index contributed by atoms with van der Waals surface area (Å²) in [6, 6.07) is 7.12. The standard InChI is InChI=1S/C15H18BrF2NO/c1-3-5-10-14(15(16,17)18)19(11-4-2)12-8-6-7-9-13(12)20-14/h4,6-9H,2-3,5,10-11H2,1H3. The molecule has 1 aromatic carbocycles. The molecule has 20 heavy (non-hydrogen) atoms. The van der Waals surface area contributed by atoms with Gasteiger partial charge in [0, 0.05) is 13.0 Å². The second-order valence-electron chi connectivity index (χ2n) is 4.85. The predicted molar refractivity (Wildman–Crippen MR) is 80.7 cm³/mol. The van der Waals surface area contributed by atoms with Crippen LogP contribution in [0, 0.1) is 0 Å². The van der Waals surface area contributed by atoms with Gasteiger partial charge in [-0.15, -0.1) is 6.58 Å². The highest BCUT2D eigenvalue weighted by Gasteiger charge is 2.61. The Labute approximate surface area is 126 Å². The zero-order valence-electron chi connectivity index (χ0n) is 11.4. The molecular weight excluding hydrogens is 328 g/mol. The van der Waals surface area contributed by atoms with Gasteiger partial charge < -0.3 is 9.64 Å². The zero-order valence-corrected chi connectivity index (χ0v) is 13.0. The second kappa shape index (κ2) is 5.72. The number of alkyl halides is 3. The van der Waals surface area contributed by atoms with Gasteiger partial charge in [-0.05, 0) is 34.5 Å². The summed E-state index contributed by atoms with van der Waals surface area (Å²) < 4.78 is 34.2. The lowest BCUT2D eigenvalue weighted by atomic mass is 10.0. The Balaban J connectivity index is 2.48. The first-order valence-electron chi connectivity index (χ1n) is 6.69. The van der Waals surface area contributed by atoms with Crippen LogP contribution in [0.3, 0.4) is 0 Å². The van der Waals surface area contributed by atoms with E-state index in [0.29, 0.717) is 24.4 Å². The number of anilines is 1. The Morgan fingerprint density at radius 2 is 2.15 bits per heavy atom. The van der Waals surface area contributed by atoms with Crippen LogP contribution >= 0.6 is 15.9 Å². The highest BCUT2D eigenvalue weighted by Crippen LogP contribution is 2.52. The number of hydrogen-bond acceptors (Lipinski definition) is 2. The Bertz CT molecular complexity index is 489. The van der Waals surface area contributed by atoms with E-state index >= 15 is 0 Å². The highest BCUT2D eigenvalue weighted by molar-refractivity contribution is 9.10. The van der Waals surface area contributed by atoms with Crippen molar-refractivity contribution in [1.29, 1.82) is 0 Å². The molecule has 2 nitrogen and oxygen atoms in total. The van der Waals surface area contributed by atoms with Crippen molar-refractivity contribution < 1.29 is 13.5 Å². The van der Waals surface area contributed by atoms with E-state index in [-0.39, 0.29) is 6.42 Å².